The molecule has 1 aliphatic rings. The van der Waals surface area contributed by atoms with Crippen LogP contribution in [0.2, 0.25) is 0 Å². The Balaban J connectivity index is 1.68. The van der Waals surface area contributed by atoms with E-state index in [1.54, 1.807) is 42.5 Å². The van der Waals surface area contributed by atoms with Crippen molar-refractivity contribution in [3.05, 3.63) is 71.3 Å². The van der Waals surface area contributed by atoms with Crippen LogP contribution in [-0.4, -0.2) is 63.4 Å². The van der Waals surface area contributed by atoms with Crippen LogP contribution in [-0.2, 0) is 30.5 Å². The third-order valence-electron chi connectivity index (χ3n) is 5.57. The minimum absolute atomic E-state index is 0.230. The van der Waals surface area contributed by atoms with Crippen molar-refractivity contribution < 1.29 is 39.0 Å². The van der Waals surface area contributed by atoms with Gasteiger partial charge < -0.3 is 31.9 Å². The van der Waals surface area contributed by atoms with Gasteiger partial charge in [-0.05, 0) is 16.7 Å². The van der Waals surface area contributed by atoms with E-state index in [0.717, 1.165) is 5.56 Å². The van der Waals surface area contributed by atoms with Crippen LogP contribution < -0.4 is 21.7 Å². The first-order chi connectivity index (χ1) is 17.6. The molecule has 0 radical (unpaired) electrons. The van der Waals surface area contributed by atoms with E-state index in [1.807, 2.05) is 0 Å². The summed E-state index contributed by atoms with van der Waals surface area (Å²) >= 11 is 0. The summed E-state index contributed by atoms with van der Waals surface area (Å²) in [6.07, 6.45) is -0.866. The average Bonchev–Trinajstić information content (AvgIpc) is 3.15. The SMILES string of the molecule is NCc1ccc([C@H]2NC(=O)N(CC(=O)N[C@@H](CC(=O)O)C(=O)N[C@H](C(=O)O)c3ccccc3)C2=O)cc1. The van der Waals surface area contributed by atoms with Gasteiger partial charge in [0.25, 0.3) is 5.91 Å². The molecule has 2 aromatic rings. The number of imide groups is 1. The quantitative estimate of drug-likeness (QED) is 0.217. The lowest BCUT2D eigenvalue weighted by Gasteiger charge is -2.21. The van der Waals surface area contributed by atoms with Gasteiger partial charge in [-0.25, -0.2) is 9.59 Å². The number of nitrogens with one attached hydrogen (secondary N) is 3. The number of carbonyl (C=O) groups excluding carboxylic acids is 4. The molecule has 0 saturated carbocycles. The molecule has 1 heterocycles. The summed E-state index contributed by atoms with van der Waals surface area (Å²) in [7, 11) is 0. The molecule has 1 saturated heterocycles. The Morgan fingerprint density at radius 2 is 1.62 bits per heavy atom. The van der Waals surface area contributed by atoms with Gasteiger partial charge in [-0.1, -0.05) is 54.6 Å². The number of carboxylic acids is 2. The van der Waals surface area contributed by atoms with Crippen molar-refractivity contribution in [2.45, 2.75) is 31.1 Å². The lowest BCUT2D eigenvalue weighted by Crippen LogP contribution is -2.52. The number of carboxylic acid groups (broad SMARTS) is 2. The maximum absolute atomic E-state index is 12.8. The second kappa shape index (κ2) is 11.8. The number of rotatable bonds is 11. The van der Waals surface area contributed by atoms with Crippen LogP contribution in [0.15, 0.2) is 54.6 Å². The van der Waals surface area contributed by atoms with Crippen LogP contribution in [0.4, 0.5) is 4.79 Å². The zero-order valence-corrected chi connectivity index (χ0v) is 19.4. The first-order valence-corrected chi connectivity index (χ1v) is 11.1. The third kappa shape index (κ3) is 6.67. The predicted molar refractivity (Wildman–Crippen MR) is 126 cm³/mol. The van der Waals surface area contributed by atoms with E-state index < -0.39 is 66.8 Å². The van der Waals surface area contributed by atoms with Gasteiger partial charge in [-0.3, -0.25) is 24.1 Å². The Labute approximate surface area is 210 Å². The molecule has 194 valence electrons. The van der Waals surface area contributed by atoms with E-state index >= 15 is 0 Å². The fraction of sp³-hybridized carbons (Fsp3) is 0.250. The summed E-state index contributed by atoms with van der Waals surface area (Å²) in [6, 6.07) is 9.26. The Morgan fingerprint density at radius 3 is 2.19 bits per heavy atom. The fourth-order valence-electron chi connectivity index (χ4n) is 3.68. The molecule has 0 bridgehead atoms. The van der Waals surface area contributed by atoms with Gasteiger partial charge in [0.2, 0.25) is 11.8 Å². The van der Waals surface area contributed by atoms with Gasteiger partial charge in [0, 0.05) is 6.54 Å². The standard InChI is InChI=1S/C24H25N5O8/c25-11-13-6-8-15(9-7-13)19-22(34)29(24(37)28-19)12-17(30)26-16(10-18(31)32)21(33)27-20(23(35)36)14-4-2-1-3-5-14/h1-9,16,19-20H,10-12,25H2,(H,26,30)(H,27,33)(H,28,37)(H,31,32)(H,35,36)/t16-,19+,20-/m0/s1. The lowest BCUT2D eigenvalue weighted by atomic mass is 10.0. The number of urea groups is 1. The molecule has 3 rings (SSSR count). The van der Waals surface area contributed by atoms with Gasteiger partial charge >= 0.3 is 18.0 Å². The number of carbonyl (C=O) groups is 6. The summed E-state index contributed by atoms with van der Waals surface area (Å²) in [5, 5.41) is 25.5. The van der Waals surface area contributed by atoms with Crippen molar-refractivity contribution in [1.29, 1.82) is 0 Å². The summed E-state index contributed by atoms with van der Waals surface area (Å²) in [4.78, 5) is 74.1. The second-order valence-corrected chi connectivity index (χ2v) is 8.16. The lowest BCUT2D eigenvalue weighted by molar-refractivity contribution is -0.143. The number of hydrogen-bond donors (Lipinski definition) is 6. The van der Waals surface area contributed by atoms with Gasteiger partial charge in [0.15, 0.2) is 6.04 Å². The molecule has 13 heteroatoms. The van der Waals surface area contributed by atoms with Crippen LogP contribution in [0.3, 0.4) is 0 Å². The second-order valence-electron chi connectivity index (χ2n) is 8.16. The van der Waals surface area contributed by atoms with Crippen molar-refractivity contribution >= 4 is 35.7 Å². The molecule has 37 heavy (non-hydrogen) atoms. The molecule has 1 aliphatic heterocycles. The molecule has 13 nitrogen and oxygen atoms in total. The monoisotopic (exact) mass is 511 g/mol. The first kappa shape index (κ1) is 26.8. The van der Waals surface area contributed by atoms with Crippen LogP contribution in [0, 0.1) is 0 Å². The van der Waals surface area contributed by atoms with Crippen molar-refractivity contribution in [1.82, 2.24) is 20.9 Å². The van der Waals surface area contributed by atoms with E-state index in [0.29, 0.717) is 17.0 Å². The summed E-state index contributed by atoms with van der Waals surface area (Å²) in [6.45, 7) is -0.492. The van der Waals surface area contributed by atoms with Crippen molar-refractivity contribution in [3.63, 3.8) is 0 Å². The molecule has 0 spiro atoms. The molecule has 0 aromatic heterocycles. The van der Waals surface area contributed by atoms with Crippen LogP contribution >= 0.6 is 0 Å². The Kier molecular flexibility index (Phi) is 8.53. The smallest absolute Gasteiger partial charge is 0.330 e. The molecule has 0 aliphatic carbocycles. The van der Waals surface area contributed by atoms with E-state index in [2.05, 4.69) is 16.0 Å². The Morgan fingerprint density at radius 1 is 0.973 bits per heavy atom. The number of benzene rings is 2. The van der Waals surface area contributed by atoms with Crippen molar-refractivity contribution in [2.24, 2.45) is 5.73 Å². The molecule has 2 aromatic carbocycles. The highest BCUT2D eigenvalue weighted by Gasteiger charge is 2.40. The van der Waals surface area contributed by atoms with E-state index in [4.69, 9.17) is 5.73 Å². The molecule has 5 amide bonds. The van der Waals surface area contributed by atoms with Crippen LogP contribution in [0.25, 0.3) is 0 Å². The Hall–Kier alpha value is -4.78. The fourth-order valence-corrected chi connectivity index (χ4v) is 3.68. The summed E-state index contributed by atoms with van der Waals surface area (Å²) < 4.78 is 0. The van der Waals surface area contributed by atoms with Crippen LogP contribution in [0.1, 0.15) is 35.2 Å². The zero-order valence-electron chi connectivity index (χ0n) is 19.4. The van der Waals surface area contributed by atoms with Gasteiger partial charge in [0.05, 0.1) is 6.42 Å². The molecule has 0 unspecified atom stereocenters. The molecule has 7 N–H and O–H groups in total. The maximum Gasteiger partial charge on any atom is 0.330 e. The molecular formula is C24H25N5O8. The Bertz CT molecular complexity index is 1200. The first-order valence-electron chi connectivity index (χ1n) is 11.1. The molecular weight excluding hydrogens is 486 g/mol. The van der Waals surface area contributed by atoms with Crippen molar-refractivity contribution in [3.8, 4) is 0 Å². The highest BCUT2D eigenvalue weighted by Crippen LogP contribution is 2.22. The van der Waals surface area contributed by atoms with Gasteiger partial charge in [-0.2, -0.15) is 0 Å². The number of nitrogens with two attached hydrogens (primary N) is 1. The zero-order chi connectivity index (χ0) is 27.1. The normalized spacial score (nSPS) is 16.5. The number of amides is 5. The predicted octanol–water partition coefficient (Wildman–Crippen LogP) is -0.360. The van der Waals surface area contributed by atoms with Crippen LogP contribution in [0.5, 0.6) is 0 Å². The number of aliphatic carboxylic acids is 2. The third-order valence-corrected chi connectivity index (χ3v) is 5.57. The highest BCUT2D eigenvalue weighted by atomic mass is 16.4. The molecule has 1 fully saturated rings. The summed E-state index contributed by atoms with van der Waals surface area (Å²) in [5.74, 6) is -5.61. The minimum atomic E-state index is -1.67. The topological polar surface area (TPSA) is 208 Å². The number of nitrogens with zero attached hydrogens (tertiary/aromatic N) is 1. The van der Waals surface area contributed by atoms with Gasteiger partial charge in [-0.15, -0.1) is 0 Å². The van der Waals surface area contributed by atoms with E-state index in [9.17, 15) is 39.0 Å². The van der Waals surface area contributed by atoms with Gasteiger partial charge in [0.1, 0.15) is 18.6 Å². The highest BCUT2D eigenvalue weighted by molar-refractivity contribution is 6.07. The van der Waals surface area contributed by atoms with E-state index in [1.165, 1.54) is 12.1 Å². The minimum Gasteiger partial charge on any atom is -0.481 e. The number of hydrogen-bond acceptors (Lipinski definition) is 7. The maximum atomic E-state index is 12.8. The van der Waals surface area contributed by atoms with Crippen molar-refractivity contribution in [2.75, 3.05) is 6.54 Å². The van der Waals surface area contributed by atoms with E-state index in [-0.39, 0.29) is 5.56 Å². The largest absolute Gasteiger partial charge is 0.481 e. The average molecular weight is 511 g/mol. The summed E-state index contributed by atoms with van der Waals surface area (Å²) in [5.41, 5.74) is 7.08. The molecule has 3 atom stereocenters.